The molecule has 1 amide bonds. The first-order valence-electron chi connectivity index (χ1n) is 8.05. The Hall–Kier alpha value is -2.08. The summed E-state index contributed by atoms with van der Waals surface area (Å²) in [5, 5.41) is 3.99. The van der Waals surface area contributed by atoms with Crippen LogP contribution >= 0.6 is 0 Å². The normalized spacial score (nSPS) is 20.4. The van der Waals surface area contributed by atoms with E-state index in [2.05, 4.69) is 5.16 Å². The van der Waals surface area contributed by atoms with Crippen molar-refractivity contribution in [3.63, 3.8) is 0 Å². The van der Waals surface area contributed by atoms with Gasteiger partial charge in [0.05, 0.1) is 12.8 Å². The van der Waals surface area contributed by atoms with Gasteiger partial charge in [-0.05, 0) is 40.2 Å². The summed E-state index contributed by atoms with van der Waals surface area (Å²) < 4.78 is 11.2. The lowest BCUT2D eigenvalue weighted by molar-refractivity contribution is -0.0605. The average Bonchev–Trinajstić information content (AvgIpc) is 2.78. The van der Waals surface area contributed by atoms with Crippen molar-refractivity contribution in [1.82, 2.24) is 4.90 Å². The Balaban J connectivity index is 1.97. The van der Waals surface area contributed by atoms with Gasteiger partial charge in [0.2, 0.25) is 0 Å². The number of hydrogen-bond acceptors (Lipinski definition) is 5. The van der Waals surface area contributed by atoms with E-state index in [-0.39, 0.29) is 6.04 Å². The standard InChI is InChI=1S/C18H26N2O4/c1-17(2,3)24-16(21)20-15(13-22-18(20,4)5)11-19-23-12-14-9-7-6-8-10-14/h6-11,15H,12-13H2,1-5H3/b19-11+/t15-/m1/s1. The molecule has 0 bridgehead atoms. The van der Waals surface area contributed by atoms with E-state index in [0.717, 1.165) is 5.56 Å². The van der Waals surface area contributed by atoms with E-state index in [0.29, 0.717) is 13.2 Å². The van der Waals surface area contributed by atoms with Crippen molar-refractivity contribution in [3.05, 3.63) is 35.9 Å². The van der Waals surface area contributed by atoms with Crippen LogP contribution in [-0.2, 0) is 20.9 Å². The fraction of sp³-hybridized carbons (Fsp3) is 0.556. The number of carbonyl (C=O) groups excluding carboxylic acids is 1. The zero-order valence-electron chi connectivity index (χ0n) is 15.0. The van der Waals surface area contributed by atoms with E-state index in [1.165, 1.54) is 0 Å². The Morgan fingerprint density at radius 2 is 2.04 bits per heavy atom. The monoisotopic (exact) mass is 334 g/mol. The molecule has 132 valence electrons. The molecule has 1 fully saturated rings. The molecule has 0 N–H and O–H groups in total. The maximum Gasteiger partial charge on any atom is 0.413 e. The van der Waals surface area contributed by atoms with Crippen molar-refractivity contribution in [1.29, 1.82) is 0 Å². The van der Waals surface area contributed by atoms with Crippen LogP contribution in [0.3, 0.4) is 0 Å². The number of ether oxygens (including phenoxy) is 2. The minimum atomic E-state index is -0.752. The highest BCUT2D eigenvalue weighted by Crippen LogP contribution is 2.28. The third-order valence-corrected chi connectivity index (χ3v) is 3.49. The molecule has 1 aliphatic rings. The van der Waals surface area contributed by atoms with E-state index >= 15 is 0 Å². The molecule has 0 spiro atoms. The zero-order chi connectivity index (χ0) is 17.8. The van der Waals surface area contributed by atoms with Gasteiger partial charge in [0, 0.05) is 0 Å². The molecule has 0 aromatic heterocycles. The van der Waals surface area contributed by atoms with Crippen LogP contribution in [0.15, 0.2) is 35.5 Å². The molecule has 0 radical (unpaired) electrons. The van der Waals surface area contributed by atoms with E-state index in [9.17, 15) is 4.79 Å². The van der Waals surface area contributed by atoms with Gasteiger partial charge >= 0.3 is 6.09 Å². The van der Waals surface area contributed by atoms with Crippen molar-refractivity contribution in [2.24, 2.45) is 5.16 Å². The van der Waals surface area contributed by atoms with Crippen LogP contribution in [-0.4, -0.2) is 41.2 Å². The lowest BCUT2D eigenvalue weighted by Gasteiger charge is -2.33. The smallest absolute Gasteiger partial charge is 0.413 e. The first kappa shape index (κ1) is 18.3. The molecule has 2 rings (SSSR count). The molecule has 1 aromatic carbocycles. The molecule has 1 saturated heterocycles. The molecule has 1 aliphatic heterocycles. The third kappa shape index (κ3) is 4.96. The average molecular weight is 334 g/mol. The molecule has 1 aromatic rings. The highest BCUT2D eigenvalue weighted by molar-refractivity contribution is 5.77. The molecule has 1 heterocycles. The van der Waals surface area contributed by atoms with Crippen LogP contribution in [0.4, 0.5) is 4.79 Å². The third-order valence-electron chi connectivity index (χ3n) is 3.49. The van der Waals surface area contributed by atoms with Crippen LogP contribution in [0.5, 0.6) is 0 Å². The quantitative estimate of drug-likeness (QED) is 0.624. The molecule has 6 heteroatoms. The van der Waals surface area contributed by atoms with E-state index in [1.54, 1.807) is 11.1 Å². The summed E-state index contributed by atoms with van der Waals surface area (Å²) in [5.41, 5.74) is -0.290. The zero-order valence-corrected chi connectivity index (χ0v) is 15.0. The van der Waals surface area contributed by atoms with E-state index < -0.39 is 17.4 Å². The largest absolute Gasteiger partial charge is 0.444 e. The second-order valence-electron chi connectivity index (χ2n) is 7.19. The van der Waals surface area contributed by atoms with Gasteiger partial charge < -0.3 is 14.3 Å². The molecular weight excluding hydrogens is 308 g/mol. The van der Waals surface area contributed by atoms with Crippen molar-refractivity contribution in [3.8, 4) is 0 Å². The second-order valence-corrected chi connectivity index (χ2v) is 7.19. The Morgan fingerprint density at radius 1 is 1.38 bits per heavy atom. The molecule has 0 unspecified atom stereocenters. The van der Waals surface area contributed by atoms with Gasteiger partial charge in [-0.25, -0.2) is 4.79 Å². The number of rotatable bonds is 4. The van der Waals surface area contributed by atoms with Crippen molar-refractivity contribution in [2.75, 3.05) is 6.61 Å². The lowest BCUT2D eigenvalue weighted by atomic mass is 10.2. The fourth-order valence-corrected chi connectivity index (χ4v) is 2.41. The van der Waals surface area contributed by atoms with E-state index in [4.69, 9.17) is 14.3 Å². The first-order valence-corrected chi connectivity index (χ1v) is 8.05. The van der Waals surface area contributed by atoms with Crippen molar-refractivity contribution >= 4 is 12.3 Å². The summed E-state index contributed by atoms with van der Waals surface area (Å²) >= 11 is 0. The minimum absolute atomic E-state index is 0.328. The highest BCUT2D eigenvalue weighted by Gasteiger charge is 2.45. The Morgan fingerprint density at radius 3 is 2.67 bits per heavy atom. The molecule has 24 heavy (non-hydrogen) atoms. The lowest BCUT2D eigenvalue weighted by Crippen LogP contribution is -2.50. The van der Waals surface area contributed by atoms with E-state index in [1.807, 2.05) is 65.0 Å². The Bertz CT molecular complexity index is 578. The van der Waals surface area contributed by atoms with Crippen LogP contribution < -0.4 is 0 Å². The molecule has 0 aliphatic carbocycles. The Kier molecular flexibility index (Phi) is 5.49. The van der Waals surface area contributed by atoms with Crippen LogP contribution in [0.2, 0.25) is 0 Å². The number of hydrogen-bond donors (Lipinski definition) is 0. The summed E-state index contributed by atoms with van der Waals surface area (Å²) in [6, 6.07) is 9.43. The number of amides is 1. The molecule has 0 saturated carbocycles. The number of nitrogens with zero attached hydrogens (tertiary/aromatic N) is 2. The van der Waals surface area contributed by atoms with Crippen LogP contribution in [0.25, 0.3) is 0 Å². The van der Waals surface area contributed by atoms with Gasteiger partial charge in [0.25, 0.3) is 0 Å². The minimum Gasteiger partial charge on any atom is -0.444 e. The van der Waals surface area contributed by atoms with Crippen molar-refractivity contribution < 1.29 is 19.1 Å². The SMILES string of the molecule is CC(C)(C)OC(=O)N1[C@H](/C=N/OCc2ccccc2)COC1(C)C. The summed E-state index contributed by atoms with van der Waals surface area (Å²) in [7, 11) is 0. The van der Waals surface area contributed by atoms with Gasteiger partial charge in [-0.2, -0.15) is 0 Å². The summed E-state index contributed by atoms with van der Waals surface area (Å²) in [6.07, 6.45) is 1.16. The number of oxime groups is 1. The number of benzene rings is 1. The van der Waals surface area contributed by atoms with Gasteiger partial charge in [0.15, 0.2) is 0 Å². The van der Waals surface area contributed by atoms with Crippen LogP contribution in [0.1, 0.15) is 40.2 Å². The topological polar surface area (TPSA) is 60.4 Å². The molecule has 6 nitrogen and oxygen atoms in total. The van der Waals surface area contributed by atoms with Crippen LogP contribution in [0, 0.1) is 0 Å². The maximum atomic E-state index is 12.5. The molecule has 1 atom stereocenters. The summed E-state index contributed by atoms with van der Waals surface area (Å²) in [4.78, 5) is 19.3. The first-order chi connectivity index (χ1) is 11.2. The van der Waals surface area contributed by atoms with Gasteiger partial charge in [-0.1, -0.05) is 35.5 Å². The molecular formula is C18H26N2O4. The summed E-state index contributed by atoms with van der Waals surface area (Å²) in [6.45, 7) is 9.89. The van der Waals surface area contributed by atoms with Gasteiger partial charge in [-0.15, -0.1) is 0 Å². The van der Waals surface area contributed by atoms with Gasteiger partial charge in [0.1, 0.15) is 24.0 Å². The number of carbonyl (C=O) groups is 1. The Labute approximate surface area is 143 Å². The predicted octanol–water partition coefficient (Wildman–Crippen LogP) is 3.56. The summed E-state index contributed by atoms with van der Waals surface area (Å²) in [5.74, 6) is 0. The second kappa shape index (κ2) is 7.21. The van der Waals surface area contributed by atoms with Crippen molar-refractivity contribution in [2.45, 2.75) is 58.6 Å². The maximum absolute atomic E-state index is 12.5. The fourth-order valence-electron chi connectivity index (χ4n) is 2.41. The van der Waals surface area contributed by atoms with Gasteiger partial charge in [-0.3, -0.25) is 4.90 Å². The predicted molar refractivity (Wildman–Crippen MR) is 91.6 cm³/mol. The highest BCUT2D eigenvalue weighted by atomic mass is 16.6.